The molecular formula is C16H16N2. The van der Waals surface area contributed by atoms with Crippen molar-refractivity contribution in [1.82, 2.24) is 4.57 Å². The molecule has 2 heteroatoms. The molecule has 18 heavy (non-hydrogen) atoms. The second kappa shape index (κ2) is 4.88. The average molecular weight is 236 g/mol. The van der Waals surface area contributed by atoms with E-state index in [-0.39, 0.29) is 0 Å². The molecule has 0 aliphatic carbocycles. The number of nitrogens with one attached hydrogen (secondary N) is 1. The number of nitrogens with zero attached hydrogens (tertiary/aromatic N) is 1. The number of rotatable bonds is 3. The lowest BCUT2D eigenvalue weighted by Crippen LogP contribution is -2.17. The first-order chi connectivity index (χ1) is 8.59. The van der Waals surface area contributed by atoms with Crippen LogP contribution in [0.3, 0.4) is 0 Å². The zero-order valence-corrected chi connectivity index (χ0v) is 10.5. The molecule has 1 heterocycles. The fraction of sp³-hybridized carbons (Fsp3) is 0.0625. The summed E-state index contributed by atoms with van der Waals surface area (Å²) in [5.41, 5.74) is 4.20. The van der Waals surface area contributed by atoms with Crippen molar-refractivity contribution >= 4 is 11.3 Å². The fourth-order valence-corrected chi connectivity index (χ4v) is 1.75. The first-order valence-corrected chi connectivity index (χ1v) is 5.77. The van der Waals surface area contributed by atoms with Crippen molar-refractivity contribution in [3.63, 3.8) is 0 Å². The van der Waals surface area contributed by atoms with Gasteiger partial charge in [0, 0.05) is 11.9 Å². The van der Waals surface area contributed by atoms with Crippen molar-refractivity contribution in [2.45, 2.75) is 6.92 Å². The molecule has 0 saturated carbocycles. The molecule has 2 rings (SSSR count). The zero-order valence-electron chi connectivity index (χ0n) is 10.5. The van der Waals surface area contributed by atoms with Crippen LogP contribution in [0, 0.1) is 12.3 Å². The van der Waals surface area contributed by atoms with Gasteiger partial charge in [-0.25, -0.2) is 0 Å². The highest BCUT2D eigenvalue weighted by molar-refractivity contribution is 5.95. The van der Waals surface area contributed by atoms with Crippen LogP contribution in [0.2, 0.25) is 0 Å². The first-order valence-electron chi connectivity index (χ1n) is 5.77. The summed E-state index contributed by atoms with van der Waals surface area (Å²) in [6.07, 6.45) is 1.82. The number of pyridine rings is 1. The minimum absolute atomic E-state index is 0.399. The summed E-state index contributed by atoms with van der Waals surface area (Å²) in [4.78, 5) is 0. The van der Waals surface area contributed by atoms with E-state index in [0.717, 1.165) is 16.8 Å². The number of benzene rings is 1. The third kappa shape index (κ3) is 2.33. The summed E-state index contributed by atoms with van der Waals surface area (Å²) >= 11 is 0. The minimum Gasteiger partial charge on any atom is -0.302 e. The Morgan fingerprint density at radius 2 is 1.72 bits per heavy atom. The minimum atomic E-state index is 0.399. The predicted molar refractivity (Wildman–Crippen MR) is 75.8 cm³/mol. The summed E-state index contributed by atoms with van der Waals surface area (Å²) in [6.45, 7) is 10.1. The molecule has 0 spiro atoms. The number of allylic oxidation sites excluding steroid dienone is 2. The second-order valence-electron chi connectivity index (χ2n) is 4.25. The fourth-order valence-electron chi connectivity index (χ4n) is 1.75. The van der Waals surface area contributed by atoms with Gasteiger partial charge in [-0.05, 0) is 30.2 Å². The Kier molecular flexibility index (Phi) is 3.28. The average Bonchev–Trinajstić information content (AvgIpc) is 2.38. The van der Waals surface area contributed by atoms with Gasteiger partial charge < -0.3 is 4.57 Å². The maximum atomic E-state index is 7.85. The molecule has 1 aromatic heterocycles. The SMILES string of the molecule is C=C(C(=C)n1ccccc1=N)c1ccc(C)cc1. The lowest BCUT2D eigenvalue weighted by Gasteiger charge is -2.13. The molecule has 0 saturated heterocycles. The van der Waals surface area contributed by atoms with Crippen LogP contribution in [-0.4, -0.2) is 4.57 Å². The molecular weight excluding hydrogens is 220 g/mol. The molecule has 0 aliphatic heterocycles. The Balaban J connectivity index is 2.36. The van der Waals surface area contributed by atoms with Crippen molar-refractivity contribution < 1.29 is 0 Å². The Morgan fingerprint density at radius 1 is 1.06 bits per heavy atom. The van der Waals surface area contributed by atoms with Crippen LogP contribution in [0.25, 0.3) is 11.3 Å². The topological polar surface area (TPSA) is 28.8 Å². The molecule has 0 fully saturated rings. The molecule has 0 atom stereocenters. The first kappa shape index (κ1) is 12.1. The number of aryl methyl sites for hydroxylation is 1. The van der Waals surface area contributed by atoms with E-state index in [4.69, 9.17) is 5.41 Å². The monoisotopic (exact) mass is 236 g/mol. The predicted octanol–water partition coefficient (Wildman–Crippen LogP) is 3.46. The van der Waals surface area contributed by atoms with Gasteiger partial charge in [0.15, 0.2) is 0 Å². The Labute approximate surface area is 107 Å². The van der Waals surface area contributed by atoms with E-state index >= 15 is 0 Å². The number of aromatic nitrogens is 1. The Hall–Kier alpha value is -2.35. The van der Waals surface area contributed by atoms with Gasteiger partial charge >= 0.3 is 0 Å². The van der Waals surface area contributed by atoms with Crippen molar-refractivity contribution in [2.24, 2.45) is 0 Å². The second-order valence-corrected chi connectivity index (χ2v) is 4.25. The van der Waals surface area contributed by atoms with Crippen LogP contribution in [0.5, 0.6) is 0 Å². The van der Waals surface area contributed by atoms with Gasteiger partial charge in [0.1, 0.15) is 5.49 Å². The van der Waals surface area contributed by atoms with Crippen LogP contribution >= 0.6 is 0 Å². The highest BCUT2D eigenvalue weighted by Gasteiger charge is 2.05. The summed E-state index contributed by atoms with van der Waals surface area (Å²) in [5, 5.41) is 7.85. The van der Waals surface area contributed by atoms with Gasteiger partial charge in [-0.1, -0.05) is 49.1 Å². The largest absolute Gasteiger partial charge is 0.302 e. The molecule has 0 unspecified atom stereocenters. The van der Waals surface area contributed by atoms with E-state index < -0.39 is 0 Å². The van der Waals surface area contributed by atoms with Crippen LogP contribution in [0.4, 0.5) is 0 Å². The van der Waals surface area contributed by atoms with Crippen LogP contribution in [-0.2, 0) is 0 Å². The van der Waals surface area contributed by atoms with Crippen LogP contribution in [0.1, 0.15) is 11.1 Å². The maximum Gasteiger partial charge on any atom is 0.129 e. The summed E-state index contributed by atoms with van der Waals surface area (Å²) in [7, 11) is 0. The van der Waals surface area contributed by atoms with E-state index in [0.29, 0.717) is 5.49 Å². The summed E-state index contributed by atoms with van der Waals surface area (Å²) in [5.74, 6) is 0. The van der Waals surface area contributed by atoms with E-state index in [2.05, 4.69) is 20.1 Å². The van der Waals surface area contributed by atoms with Gasteiger partial charge in [0.25, 0.3) is 0 Å². The van der Waals surface area contributed by atoms with Gasteiger partial charge in [-0.2, -0.15) is 0 Å². The van der Waals surface area contributed by atoms with Crippen molar-refractivity contribution in [1.29, 1.82) is 5.41 Å². The molecule has 0 bridgehead atoms. The quantitative estimate of drug-likeness (QED) is 0.791. The summed E-state index contributed by atoms with van der Waals surface area (Å²) < 4.78 is 1.72. The zero-order chi connectivity index (χ0) is 13.1. The van der Waals surface area contributed by atoms with E-state index in [1.165, 1.54) is 5.56 Å². The maximum absolute atomic E-state index is 7.85. The molecule has 2 nitrogen and oxygen atoms in total. The number of hydrogen-bond acceptors (Lipinski definition) is 1. The summed E-state index contributed by atoms with van der Waals surface area (Å²) in [6, 6.07) is 13.6. The lowest BCUT2D eigenvalue weighted by atomic mass is 10.0. The van der Waals surface area contributed by atoms with Crippen LogP contribution < -0.4 is 5.49 Å². The molecule has 2 aromatic rings. The number of hydrogen-bond donors (Lipinski definition) is 1. The van der Waals surface area contributed by atoms with E-state index in [1.807, 2.05) is 42.6 Å². The highest BCUT2D eigenvalue weighted by atomic mass is 15.0. The van der Waals surface area contributed by atoms with Crippen LogP contribution in [0.15, 0.2) is 61.8 Å². The van der Waals surface area contributed by atoms with Crippen molar-refractivity contribution in [3.05, 3.63) is 78.4 Å². The van der Waals surface area contributed by atoms with Gasteiger partial charge in [0.05, 0.1) is 0 Å². The van der Waals surface area contributed by atoms with E-state index in [1.54, 1.807) is 10.6 Å². The smallest absolute Gasteiger partial charge is 0.129 e. The van der Waals surface area contributed by atoms with Crippen molar-refractivity contribution in [3.8, 4) is 0 Å². The molecule has 0 radical (unpaired) electrons. The molecule has 0 aliphatic rings. The molecule has 0 amide bonds. The van der Waals surface area contributed by atoms with Gasteiger partial charge in [-0.3, -0.25) is 5.41 Å². The third-order valence-corrected chi connectivity index (χ3v) is 2.90. The van der Waals surface area contributed by atoms with Crippen molar-refractivity contribution in [2.75, 3.05) is 0 Å². The molecule has 1 aromatic carbocycles. The Morgan fingerprint density at radius 3 is 2.33 bits per heavy atom. The third-order valence-electron chi connectivity index (χ3n) is 2.90. The van der Waals surface area contributed by atoms with Gasteiger partial charge in [0.2, 0.25) is 0 Å². The lowest BCUT2D eigenvalue weighted by molar-refractivity contribution is 0.958. The van der Waals surface area contributed by atoms with E-state index in [9.17, 15) is 0 Å². The van der Waals surface area contributed by atoms with Gasteiger partial charge in [-0.15, -0.1) is 0 Å². The standard InChI is InChI=1S/C16H16N2/c1-12-7-9-15(10-8-12)13(2)14(3)18-11-5-4-6-16(18)17/h4-11,17H,2-3H2,1H3. The highest BCUT2D eigenvalue weighted by Crippen LogP contribution is 2.22. The Bertz CT molecular complexity index is 645. The molecule has 90 valence electrons. The normalized spacial score (nSPS) is 10.1. The molecule has 1 N–H and O–H groups in total.